The van der Waals surface area contributed by atoms with E-state index in [4.69, 9.17) is 17.3 Å². The molecule has 0 aliphatic carbocycles. The van der Waals surface area contributed by atoms with E-state index >= 15 is 0 Å². The molecule has 0 bridgehead atoms. The molecule has 0 spiro atoms. The lowest BCUT2D eigenvalue weighted by atomic mass is 9.94. The van der Waals surface area contributed by atoms with Crippen molar-refractivity contribution in [2.24, 2.45) is 5.92 Å². The average molecular weight is 211 g/mol. The highest BCUT2D eigenvalue weighted by atomic mass is 35.5. The Hall–Kier alpha value is -0.730. The van der Waals surface area contributed by atoms with Crippen LogP contribution in [0.15, 0.2) is 18.2 Å². The predicted molar refractivity (Wildman–Crippen MR) is 60.5 cm³/mol. The van der Waals surface area contributed by atoms with Gasteiger partial charge in [0.1, 0.15) is 0 Å². The molecule has 2 rings (SSSR count). The highest BCUT2D eigenvalue weighted by Crippen LogP contribution is 2.21. The molecule has 0 atom stereocenters. The molecule has 2 nitrogen and oxygen atoms in total. The number of rotatable bonds is 3. The van der Waals surface area contributed by atoms with Crippen molar-refractivity contribution < 1.29 is 0 Å². The molecule has 1 aromatic rings. The van der Waals surface area contributed by atoms with Gasteiger partial charge in [-0.1, -0.05) is 11.6 Å². The van der Waals surface area contributed by atoms with E-state index in [-0.39, 0.29) is 0 Å². The van der Waals surface area contributed by atoms with Gasteiger partial charge in [-0.25, -0.2) is 0 Å². The number of nitrogens with two attached hydrogens (primary N) is 1. The first-order valence-corrected chi connectivity index (χ1v) is 5.38. The van der Waals surface area contributed by atoms with E-state index in [0.29, 0.717) is 0 Å². The second kappa shape index (κ2) is 4.20. The van der Waals surface area contributed by atoms with Gasteiger partial charge >= 0.3 is 0 Å². The zero-order chi connectivity index (χ0) is 9.97. The number of hydrogen-bond acceptors (Lipinski definition) is 2. The fourth-order valence-electron chi connectivity index (χ4n) is 1.70. The molecule has 0 amide bonds. The summed E-state index contributed by atoms with van der Waals surface area (Å²) < 4.78 is 0. The Bertz CT molecular complexity index is 321. The minimum absolute atomic E-state index is 0.779. The van der Waals surface area contributed by atoms with E-state index in [0.717, 1.165) is 36.1 Å². The molecule has 1 heterocycles. The van der Waals surface area contributed by atoms with Crippen molar-refractivity contribution in [1.29, 1.82) is 0 Å². The molecule has 3 N–H and O–H groups in total. The van der Waals surface area contributed by atoms with Crippen LogP contribution in [-0.4, -0.2) is 13.1 Å². The second-order valence-corrected chi connectivity index (χ2v) is 4.34. The summed E-state index contributed by atoms with van der Waals surface area (Å²) >= 11 is 5.91. The van der Waals surface area contributed by atoms with Gasteiger partial charge in [-0.2, -0.15) is 0 Å². The van der Waals surface area contributed by atoms with Gasteiger partial charge in [0.25, 0.3) is 0 Å². The number of hydrogen-bond donors (Lipinski definition) is 2. The van der Waals surface area contributed by atoms with Crippen LogP contribution in [0.1, 0.15) is 12.0 Å². The molecule has 1 fully saturated rings. The monoisotopic (exact) mass is 210 g/mol. The highest BCUT2D eigenvalue weighted by molar-refractivity contribution is 6.30. The molecule has 0 aromatic heterocycles. The van der Waals surface area contributed by atoms with Gasteiger partial charge in [0.15, 0.2) is 0 Å². The van der Waals surface area contributed by atoms with Gasteiger partial charge in [-0.3, -0.25) is 0 Å². The average Bonchev–Trinajstić information content (AvgIpc) is 2.08. The summed E-state index contributed by atoms with van der Waals surface area (Å²) in [6, 6.07) is 5.70. The molecule has 0 radical (unpaired) electrons. The van der Waals surface area contributed by atoms with Crippen LogP contribution >= 0.6 is 11.6 Å². The molecule has 0 saturated carbocycles. The molecule has 0 unspecified atom stereocenters. The van der Waals surface area contributed by atoms with Crippen LogP contribution in [0.3, 0.4) is 0 Å². The van der Waals surface area contributed by atoms with Gasteiger partial charge in [-0.05, 0) is 55.6 Å². The van der Waals surface area contributed by atoms with Crippen molar-refractivity contribution in [1.82, 2.24) is 5.32 Å². The van der Waals surface area contributed by atoms with Gasteiger partial charge < -0.3 is 11.1 Å². The summed E-state index contributed by atoms with van der Waals surface area (Å²) in [5.74, 6) is 0.827. The molecule has 1 aliphatic rings. The fraction of sp³-hybridized carbons (Fsp3) is 0.455. The Kier molecular flexibility index (Phi) is 2.94. The Balaban J connectivity index is 1.96. The summed E-state index contributed by atoms with van der Waals surface area (Å²) in [6.07, 6.45) is 2.25. The van der Waals surface area contributed by atoms with Crippen molar-refractivity contribution in [2.75, 3.05) is 18.8 Å². The van der Waals surface area contributed by atoms with Gasteiger partial charge in [0, 0.05) is 10.7 Å². The third kappa shape index (κ3) is 2.20. The Labute approximate surface area is 89.4 Å². The fourth-order valence-corrected chi connectivity index (χ4v) is 1.90. The van der Waals surface area contributed by atoms with Gasteiger partial charge in [0.2, 0.25) is 0 Å². The largest absolute Gasteiger partial charge is 0.399 e. The van der Waals surface area contributed by atoms with Crippen LogP contribution in [0.5, 0.6) is 0 Å². The van der Waals surface area contributed by atoms with Crippen LogP contribution in [0.4, 0.5) is 5.69 Å². The van der Waals surface area contributed by atoms with Crippen LogP contribution < -0.4 is 11.1 Å². The molecule has 76 valence electrons. The van der Waals surface area contributed by atoms with Crippen molar-refractivity contribution in [2.45, 2.75) is 12.8 Å². The molecule has 1 saturated heterocycles. The van der Waals surface area contributed by atoms with Crippen LogP contribution in [0.25, 0.3) is 0 Å². The Morgan fingerprint density at radius 2 is 2.21 bits per heavy atom. The zero-order valence-electron chi connectivity index (χ0n) is 8.09. The van der Waals surface area contributed by atoms with E-state index in [1.54, 1.807) is 0 Å². The molecule has 14 heavy (non-hydrogen) atoms. The lowest BCUT2D eigenvalue weighted by Gasteiger charge is -2.27. The minimum Gasteiger partial charge on any atom is -0.399 e. The van der Waals surface area contributed by atoms with E-state index in [9.17, 15) is 0 Å². The van der Waals surface area contributed by atoms with Crippen LogP contribution in [0, 0.1) is 5.92 Å². The third-order valence-corrected chi connectivity index (χ3v) is 3.03. The molecular formula is C11H15ClN2. The minimum atomic E-state index is 0.779. The molecule has 3 heteroatoms. The zero-order valence-corrected chi connectivity index (χ0v) is 8.85. The van der Waals surface area contributed by atoms with E-state index in [1.165, 1.54) is 12.0 Å². The maximum Gasteiger partial charge on any atom is 0.0410 e. The van der Waals surface area contributed by atoms with Crippen molar-refractivity contribution in [3.8, 4) is 0 Å². The number of aryl methyl sites for hydroxylation is 1. The number of halogens is 1. The van der Waals surface area contributed by atoms with Crippen molar-refractivity contribution in [3.05, 3.63) is 28.8 Å². The van der Waals surface area contributed by atoms with Gasteiger partial charge in [-0.15, -0.1) is 0 Å². The maximum absolute atomic E-state index is 5.91. The summed E-state index contributed by atoms with van der Waals surface area (Å²) in [7, 11) is 0. The summed E-state index contributed by atoms with van der Waals surface area (Å²) in [5.41, 5.74) is 7.91. The predicted octanol–water partition coefficient (Wildman–Crippen LogP) is 2.07. The first-order valence-electron chi connectivity index (χ1n) is 5.00. The molecular weight excluding hydrogens is 196 g/mol. The number of nitrogen functional groups attached to an aromatic ring is 1. The maximum atomic E-state index is 5.91. The smallest absolute Gasteiger partial charge is 0.0410 e. The third-order valence-electron chi connectivity index (χ3n) is 2.79. The summed E-state index contributed by atoms with van der Waals surface area (Å²) in [5, 5.41) is 4.04. The quantitative estimate of drug-likeness (QED) is 0.750. The van der Waals surface area contributed by atoms with Crippen LogP contribution in [-0.2, 0) is 6.42 Å². The van der Waals surface area contributed by atoms with Crippen molar-refractivity contribution >= 4 is 17.3 Å². The molecule has 1 aliphatic heterocycles. The van der Waals surface area contributed by atoms with E-state index in [1.807, 2.05) is 18.2 Å². The number of nitrogens with one attached hydrogen (secondary N) is 1. The first-order chi connectivity index (χ1) is 6.75. The number of benzene rings is 1. The van der Waals surface area contributed by atoms with E-state index < -0.39 is 0 Å². The first kappa shape index (κ1) is 9.81. The summed E-state index contributed by atoms with van der Waals surface area (Å²) in [4.78, 5) is 0. The lowest BCUT2D eigenvalue weighted by Crippen LogP contribution is -2.42. The summed E-state index contributed by atoms with van der Waals surface area (Å²) in [6.45, 7) is 2.31. The Morgan fingerprint density at radius 1 is 1.43 bits per heavy atom. The SMILES string of the molecule is Nc1ccc(Cl)cc1CCC1CNC1. The van der Waals surface area contributed by atoms with Crippen LogP contribution in [0.2, 0.25) is 5.02 Å². The standard InChI is InChI=1S/C11H15ClN2/c12-10-3-4-11(13)9(5-10)2-1-8-6-14-7-8/h3-5,8,14H,1-2,6-7,13H2. The van der Waals surface area contributed by atoms with Crippen molar-refractivity contribution in [3.63, 3.8) is 0 Å². The topological polar surface area (TPSA) is 38.0 Å². The van der Waals surface area contributed by atoms with Gasteiger partial charge in [0.05, 0.1) is 0 Å². The second-order valence-electron chi connectivity index (χ2n) is 3.91. The Morgan fingerprint density at radius 3 is 2.86 bits per heavy atom. The van der Waals surface area contributed by atoms with E-state index in [2.05, 4.69) is 5.32 Å². The number of anilines is 1. The normalized spacial score (nSPS) is 16.6. The lowest BCUT2D eigenvalue weighted by molar-refractivity contribution is 0.328. The highest BCUT2D eigenvalue weighted by Gasteiger charge is 2.16. The molecule has 1 aromatic carbocycles.